The zero-order valence-corrected chi connectivity index (χ0v) is 12.7. The lowest BCUT2D eigenvalue weighted by Crippen LogP contribution is -2.44. The first-order valence-corrected chi connectivity index (χ1v) is 8.45. The Labute approximate surface area is 124 Å². The van der Waals surface area contributed by atoms with Gasteiger partial charge in [0.05, 0.1) is 11.0 Å². The molecule has 0 spiro atoms. The van der Waals surface area contributed by atoms with E-state index in [2.05, 4.69) is 10.0 Å². The fraction of sp³-hybridized carbons (Fsp3) is 0.500. The highest BCUT2D eigenvalue weighted by Crippen LogP contribution is 2.21. The van der Waals surface area contributed by atoms with Crippen LogP contribution in [0, 0.1) is 0 Å². The van der Waals surface area contributed by atoms with Crippen molar-refractivity contribution in [3.63, 3.8) is 0 Å². The number of anilines is 1. The molecule has 0 aromatic heterocycles. The molecular weight excluding hydrogens is 292 g/mol. The molecule has 0 unspecified atom stereocenters. The number of hydrogen-bond acceptors (Lipinski definition) is 4. The van der Waals surface area contributed by atoms with Crippen LogP contribution in [0.2, 0.25) is 0 Å². The van der Waals surface area contributed by atoms with Crippen LogP contribution in [-0.2, 0) is 14.8 Å². The van der Waals surface area contributed by atoms with Gasteiger partial charge in [-0.15, -0.1) is 0 Å². The molecule has 0 radical (unpaired) electrons. The van der Waals surface area contributed by atoms with Crippen molar-refractivity contribution in [2.75, 3.05) is 5.32 Å². The maximum absolute atomic E-state index is 12.3. The van der Waals surface area contributed by atoms with E-state index in [1.54, 1.807) is 0 Å². The van der Waals surface area contributed by atoms with Crippen molar-refractivity contribution < 1.29 is 18.3 Å². The van der Waals surface area contributed by atoms with Crippen LogP contribution in [0.15, 0.2) is 29.2 Å². The minimum Gasteiger partial charge on any atom is -0.391 e. The van der Waals surface area contributed by atoms with Gasteiger partial charge >= 0.3 is 0 Å². The number of hydrogen-bond donors (Lipinski definition) is 3. The second-order valence-corrected chi connectivity index (χ2v) is 7.00. The van der Waals surface area contributed by atoms with Crippen LogP contribution in [0.5, 0.6) is 0 Å². The predicted molar refractivity (Wildman–Crippen MR) is 79.3 cm³/mol. The molecule has 7 heteroatoms. The normalized spacial score (nSPS) is 22.8. The van der Waals surface area contributed by atoms with Crippen molar-refractivity contribution in [1.82, 2.24) is 4.72 Å². The van der Waals surface area contributed by atoms with Gasteiger partial charge < -0.3 is 10.4 Å². The maximum Gasteiger partial charge on any atom is 0.240 e. The van der Waals surface area contributed by atoms with Crippen molar-refractivity contribution in [3.05, 3.63) is 24.3 Å². The number of rotatable bonds is 4. The molecule has 0 heterocycles. The van der Waals surface area contributed by atoms with Gasteiger partial charge in [0.15, 0.2) is 0 Å². The van der Waals surface area contributed by atoms with Crippen molar-refractivity contribution in [2.24, 2.45) is 0 Å². The van der Waals surface area contributed by atoms with Gasteiger partial charge in [-0.1, -0.05) is 12.8 Å². The van der Waals surface area contributed by atoms with E-state index in [-0.39, 0.29) is 10.8 Å². The van der Waals surface area contributed by atoms with E-state index >= 15 is 0 Å². The molecule has 1 aliphatic rings. The highest BCUT2D eigenvalue weighted by Gasteiger charge is 2.28. The first-order chi connectivity index (χ1) is 9.88. The highest BCUT2D eigenvalue weighted by molar-refractivity contribution is 7.89. The van der Waals surface area contributed by atoms with Gasteiger partial charge in [-0.25, -0.2) is 13.1 Å². The molecule has 6 nitrogen and oxygen atoms in total. The molecule has 2 atom stereocenters. The molecule has 1 saturated carbocycles. The maximum atomic E-state index is 12.3. The number of sulfonamides is 1. The zero-order valence-electron chi connectivity index (χ0n) is 11.9. The Morgan fingerprint density at radius 2 is 1.81 bits per heavy atom. The lowest BCUT2D eigenvalue weighted by molar-refractivity contribution is -0.114. The molecule has 1 fully saturated rings. The van der Waals surface area contributed by atoms with E-state index in [1.807, 2.05) is 0 Å². The summed E-state index contributed by atoms with van der Waals surface area (Å²) in [6, 6.07) is 5.50. The second-order valence-electron chi connectivity index (χ2n) is 5.29. The van der Waals surface area contributed by atoms with E-state index in [4.69, 9.17) is 0 Å². The quantitative estimate of drug-likeness (QED) is 0.779. The SMILES string of the molecule is CC(=O)Nc1ccc(S(=O)(=O)N[C@H]2CCCC[C@H]2O)cc1. The van der Waals surface area contributed by atoms with Crippen LogP contribution in [0.1, 0.15) is 32.6 Å². The van der Waals surface area contributed by atoms with Crippen molar-refractivity contribution in [1.29, 1.82) is 0 Å². The molecule has 116 valence electrons. The van der Waals surface area contributed by atoms with Gasteiger partial charge in [-0.05, 0) is 37.1 Å². The Bertz CT molecular complexity index is 598. The smallest absolute Gasteiger partial charge is 0.240 e. The molecule has 2 rings (SSSR count). The third-order valence-corrected chi connectivity index (χ3v) is 5.03. The van der Waals surface area contributed by atoms with Crippen LogP contribution in [0.25, 0.3) is 0 Å². The third-order valence-electron chi connectivity index (χ3n) is 3.52. The molecule has 1 aromatic rings. The molecule has 1 aliphatic carbocycles. The first-order valence-electron chi connectivity index (χ1n) is 6.96. The van der Waals surface area contributed by atoms with Crippen molar-refractivity contribution >= 4 is 21.6 Å². The third kappa shape index (κ3) is 4.26. The van der Waals surface area contributed by atoms with Gasteiger partial charge in [0.25, 0.3) is 0 Å². The van der Waals surface area contributed by atoms with Crippen molar-refractivity contribution in [2.45, 2.75) is 49.6 Å². The number of aliphatic hydroxyl groups excluding tert-OH is 1. The Hall–Kier alpha value is -1.44. The summed E-state index contributed by atoms with van der Waals surface area (Å²) >= 11 is 0. The number of carbonyl (C=O) groups excluding carboxylic acids is 1. The lowest BCUT2D eigenvalue weighted by Gasteiger charge is -2.28. The summed E-state index contributed by atoms with van der Waals surface area (Å²) < 4.78 is 27.1. The van der Waals surface area contributed by atoms with Crippen LogP contribution in [0.4, 0.5) is 5.69 Å². The van der Waals surface area contributed by atoms with Crippen LogP contribution in [0.3, 0.4) is 0 Å². The Morgan fingerprint density at radius 3 is 2.38 bits per heavy atom. The van der Waals surface area contributed by atoms with Gasteiger partial charge in [0.2, 0.25) is 15.9 Å². The zero-order chi connectivity index (χ0) is 15.5. The Kier molecular flexibility index (Phi) is 4.97. The number of amides is 1. The average molecular weight is 312 g/mol. The Morgan fingerprint density at radius 1 is 1.19 bits per heavy atom. The molecule has 0 aliphatic heterocycles. The summed E-state index contributed by atoms with van der Waals surface area (Å²) in [5.41, 5.74) is 0.541. The average Bonchev–Trinajstić information content (AvgIpc) is 2.41. The van der Waals surface area contributed by atoms with E-state index in [1.165, 1.54) is 31.2 Å². The lowest BCUT2D eigenvalue weighted by atomic mass is 9.93. The second kappa shape index (κ2) is 6.55. The minimum atomic E-state index is -3.66. The number of benzene rings is 1. The number of aliphatic hydroxyl groups is 1. The largest absolute Gasteiger partial charge is 0.391 e. The predicted octanol–water partition coefficient (Wildman–Crippen LogP) is 1.23. The summed E-state index contributed by atoms with van der Waals surface area (Å²) in [7, 11) is -3.66. The van der Waals surface area contributed by atoms with Gasteiger partial charge in [0.1, 0.15) is 0 Å². The van der Waals surface area contributed by atoms with E-state index < -0.39 is 22.2 Å². The molecule has 0 bridgehead atoms. The summed E-state index contributed by atoms with van der Waals surface area (Å²) in [5, 5.41) is 12.4. The van der Waals surface area contributed by atoms with E-state index in [0.717, 1.165) is 12.8 Å². The van der Waals surface area contributed by atoms with Gasteiger partial charge in [-0.3, -0.25) is 4.79 Å². The van der Waals surface area contributed by atoms with E-state index in [0.29, 0.717) is 18.5 Å². The van der Waals surface area contributed by atoms with Crippen LogP contribution >= 0.6 is 0 Å². The highest BCUT2D eigenvalue weighted by atomic mass is 32.2. The van der Waals surface area contributed by atoms with Gasteiger partial charge in [-0.2, -0.15) is 0 Å². The molecule has 1 aromatic carbocycles. The van der Waals surface area contributed by atoms with Gasteiger partial charge in [0, 0.05) is 18.7 Å². The number of nitrogens with one attached hydrogen (secondary N) is 2. The Balaban J connectivity index is 2.10. The standard InChI is InChI=1S/C14H20N2O4S/c1-10(17)15-11-6-8-12(9-7-11)21(19,20)16-13-4-2-3-5-14(13)18/h6-9,13-14,16,18H,2-5H2,1H3,(H,15,17)/t13-,14+/m0/s1. The topological polar surface area (TPSA) is 95.5 Å². The van der Waals surface area contributed by atoms with E-state index in [9.17, 15) is 18.3 Å². The van der Waals surface area contributed by atoms with Crippen LogP contribution < -0.4 is 10.0 Å². The summed E-state index contributed by atoms with van der Waals surface area (Å²) in [4.78, 5) is 11.0. The van der Waals surface area contributed by atoms with Crippen molar-refractivity contribution in [3.8, 4) is 0 Å². The molecule has 0 saturated heterocycles. The fourth-order valence-electron chi connectivity index (χ4n) is 2.44. The minimum absolute atomic E-state index is 0.120. The van der Waals surface area contributed by atoms with Crippen LogP contribution in [-0.4, -0.2) is 31.6 Å². The molecule has 1 amide bonds. The summed E-state index contributed by atoms with van der Waals surface area (Å²) in [6.07, 6.45) is 2.46. The molecule has 21 heavy (non-hydrogen) atoms. The molecular formula is C14H20N2O4S. The summed E-state index contributed by atoms with van der Waals surface area (Å²) in [5.74, 6) is -0.214. The number of carbonyl (C=O) groups is 1. The summed E-state index contributed by atoms with van der Waals surface area (Å²) in [6.45, 7) is 1.39. The molecule has 3 N–H and O–H groups in total. The first kappa shape index (κ1) is 15.9. The monoisotopic (exact) mass is 312 g/mol. The fourth-order valence-corrected chi connectivity index (χ4v) is 3.74.